The Morgan fingerprint density at radius 3 is 3.12 bits per heavy atom. The maximum atomic E-state index is 12.1. The van der Waals surface area contributed by atoms with Gasteiger partial charge in [-0.2, -0.15) is 0 Å². The summed E-state index contributed by atoms with van der Waals surface area (Å²) in [5, 5.41) is 14.1. The molecule has 1 aliphatic rings. The summed E-state index contributed by atoms with van der Waals surface area (Å²) in [6, 6.07) is 0.303. The molecule has 2 heterocycles. The Labute approximate surface area is 100 Å². The zero-order chi connectivity index (χ0) is 12.1. The molecule has 1 amide bonds. The van der Waals surface area contributed by atoms with Gasteiger partial charge in [0.2, 0.25) is 5.91 Å². The third kappa shape index (κ3) is 3.00. The fourth-order valence-corrected chi connectivity index (χ4v) is 2.22. The second-order valence-electron chi connectivity index (χ2n) is 4.19. The van der Waals surface area contributed by atoms with Crippen LogP contribution in [0.5, 0.6) is 0 Å². The summed E-state index contributed by atoms with van der Waals surface area (Å²) in [7, 11) is 0. The van der Waals surface area contributed by atoms with E-state index in [2.05, 4.69) is 20.8 Å². The smallest absolute Gasteiger partial charge is 0.244 e. The van der Waals surface area contributed by atoms with Crippen LogP contribution in [0.3, 0.4) is 0 Å². The van der Waals surface area contributed by atoms with Crippen LogP contribution in [0.2, 0.25) is 0 Å². The Bertz CT molecular complexity index is 346. The van der Waals surface area contributed by atoms with E-state index in [1.807, 2.05) is 11.8 Å². The van der Waals surface area contributed by atoms with Gasteiger partial charge in [-0.15, -0.1) is 5.10 Å². The molecule has 0 saturated carbocycles. The van der Waals surface area contributed by atoms with E-state index in [4.69, 9.17) is 0 Å². The lowest BCUT2D eigenvalue weighted by molar-refractivity contribution is -0.134. The number of nitrogens with one attached hydrogen (secondary N) is 1. The molecule has 1 unspecified atom stereocenters. The quantitative estimate of drug-likeness (QED) is 0.748. The van der Waals surface area contributed by atoms with Crippen LogP contribution in [0, 0.1) is 0 Å². The molecule has 0 spiro atoms. The lowest BCUT2D eigenvalue weighted by Crippen LogP contribution is -2.49. The highest BCUT2D eigenvalue weighted by Gasteiger charge is 2.24. The molecule has 1 aliphatic heterocycles. The van der Waals surface area contributed by atoms with Crippen LogP contribution in [0.1, 0.15) is 19.8 Å². The van der Waals surface area contributed by atoms with Crippen molar-refractivity contribution in [3.63, 3.8) is 0 Å². The highest BCUT2D eigenvalue weighted by Crippen LogP contribution is 2.10. The number of amides is 1. The Morgan fingerprint density at radius 2 is 2.53 bits per heavy atom. The first-order chi connectivity index (χ1) is 8.31. The first kappa shape index (κ1) is 12.0. The van der Waals surface area contributed by atoms with Crippen molar-refractivity contribution in [3.8, 4) is 0 Å². The average molecular weight is 238 g/mol. The third-order valence-electron chi connectivity index (χ3n) is 3.06. The van der Waals surface area contributed by atoms with E-state index < -0.39 is 0 Å². The molecule has 1 aromatic rings. The Hall–Kier alpha value is -1.50. The predicted octanol–water partition coefficient (Wildman–Crippen LogP) is -0.726. The monoisotopic (exact) mass is 238 g/mol. The molecule has 0 aliphatic carbocycles. The molecule has 1 fully saturated rings. The first-order valence-electron chi connectivity index (χ1n) is 6.02. The second kappa shape index (κ2) is 5.72. The normalized spacial score (nSPS) is 20.2. The van der Waals surface area contributed by atoms with Crippen molar-refractivity contribution in [2.75, 3.05) is 19.6 Å². The van der Waals surface area contributed by atoms with Crippen LogP contribution >= 0.6 is 0 Å². The average Bonchev–Trinajstić information content (AvgIpc) is 2.84. The van der Waals surface area contributed by atoms with E-state index in [0.717, 1.165) is 32.5 Å². The number of likely N-dealkylation sites (N-methyl/N-ethyl adjacent to an activating group) is 1. The summed E-state index contributed by atoms with van der Waals surface area (Å²) >= 11 is 0. The van der Waals surface area contributed by atoms with Crippen molar-refractivity contribution in [2.24, 2.45) is 0 Å². The van der Waals surface area contributed by atoms with Gasteiger partial charge in [0.15, 0.2) is 0 Å². The molecule has 1 saturated heterocycles. The van der Waals surface area contributed by atoms with E-state index in [9.17, 15) is 4.79 Å². The number of aromatic nitrogens is 4. The lowest BCUT2D eigenvalue weighted by Gasteiger charge is -2.33. The molecular weight excluding hydrogens is 220 g/mol. The van der Waals surface area contributed by atoms with E-state index in [1.54, 1.807) is 0 Å². The van der Waals surface area contributed by atoms with Crippen LogP contribution in [-0.2, 0) is 11.3 Å². The van der Waals surface area contributed by atoms with E-state index in [-0.39, 0.29) is 12.5 Å². The minimum atomic E-state index is 0.0773. The molecule has 17 heavy (non-hydrogen) atoms. The van der Waals surface area contributed by atoms with Crippen molar-refractivity contribution in [1.82, 2.24) is 30.4 Å². The summed E-state index contributed by atoms with van der Waals surface area (Å²) in [6.45, 7) is 4.89. The largest absolute Gasteiger partial charge is 0.337 e. The number of piperidine rings is 1. The Balaban J connectivity index is 1.94. The van der Waals surface area contributed by atoms with E-state index in [1.165, 1.54) is 11.0 Å². The molecule has 7 nitrogen and oxygen atoms in total. The van der Waals surface area contributed by atoms with Crippen molar-refractivity contribution in [2.45, 2.75) is 32.4 Å². The van der Waals surface area contributed by atoms with Crippen molar-refractivity contribution in [3.05, 3.63) is 6.33 Å². The maximum absolute atomic E-state index is 12.1. The standard InChI is InChI=1S/C10H18N6O/c1-2-16(9-4-3-5-11-6-9)10(17)7-15-8-12-13-14-15/h8-9,11H,2-7H2,1H3. The van der Waals surface area contributed by atoms with Crippen LogP contribution in [-0.4, -0.2) is 56.7 Å². The van der Waals surface area contributed by atoms with Gasteiger partial charge < -0.3 is 10.2 Å². The van der Waals surface area contributed by atoms with Crippen LogP contribution in [0.4, 0.5) is 0 Å². The minimum absolute atomic E-state index is 0.0773. The summed E-state index contributed by atoms with van der Waals surface area (Å²) in [6.07, 6.45) is 3.66. The maximum Gasteiger partial charge on any atom is 0.244 e. The zero-order valence-electron chi connectivity index (χ0n) is 10.0. The minimum Gasteiger partial charge on any atom is -0.337 e. The summed E-state index contributed by atoms with van der Waals surface area (Å²) < 4.78 is 1.46. The van der Waals surface area contributed by atoms with E-state index >= 15 is 0 Å². The molecule has 0 radical (unpaired) electrons. The van der Waals surface area contributed by atoms with Gasteiger partial charge in [0, 0.05) is 19.1 Å². The van der Waals surface area contributed by atoms with Gasteiger partial charge in [-0.1, -0.05) is 0 Å². The highest BCUT2D eigenvalue weighted by atomic mass is 16.2. The molecule has 1 aromatic heterocycles. The van der Waals surface area contributed by atoms with Gasteiger partial charge in [-0.25, -0.2) is 4.68 Å². The molecular formula is C10H18N6O. The van der Waals surface area contributed by atoms with Crippen LogP contribution in [0.15, 0.2) is 6.33 Å². The number of carbonyl (C=O) groups excluding carboxylic acids is 1. The molecule has 0 aromatic carbocycles. The molecule has 1 atom stereocenters. The molecule has 94 valence electrons. The van der Waals surface area contributed by atoms with Crippen LogP contribution < -0.4 is 5.32 Å². The number of tetrazole rings is 1. The van der Waals surface area contributed by atoms with Gasteiger partial charge in [0.25, 0.3) is 0 Å². The molecule has 2 rings (SSSR count). The van der Waals surface area contributed by atoms with Gasteiger partial charge in [-0.05, 0) is 36.7 Å². The van der Waals surface area contributed by atoms with Gasteiger partial charge >= 0.3 is 0 Å². The zero-order valence-corrected chi connectivity index (χ0v) is 10.0. The fourth-order valence-electron chi connectivity index (χ4n) is 2.22. The summed E-state index contributed by atoms with van der Waals surface area (Å²) in [5.41, 5.74) is 0. The number of nitrogens with zero attached hydrogens (tertiary/aromatic N) is 5. The SMILES string of the molecule is CCN(C(=O)Cn1cnnn1)C1CCCNC1. The van der Waals surface area contributed by atoms with E-state index in [0.29, 0.717) is 6.04 Å². The topological polar surface area (TPSA) is 75.9 Å². The third-order valence-corrected chi connectivity index (χ3v) is 3.06. The lowest BCUT2D eigenvalue weighted by atomic mass is 10.1. The summed E-state index contributed by atoms with van der Waals surface area (Å²) in [5.74, 6) is 0.0773. The Morgan fingerprint density at radius 1 is 1.65 bits per heavy atom. The second-order valence-corrected chi connectivity index (χ2v) is 4.19. The number of hydrogen-bond donors (Lipinski definition) is 1. The number of hydrogen-bond acceptors (Lipinski definition) is 5. The predicted molar refractivity (Wildman–Crippen MR) is 61.1 cm³/mol. The van der Waals surface area contributed by atoms with Crippen molar-refractivity contribution in [1.29, 1.82) is 0 Å². The molecule has 7 heteroatoms. The van der Waals surface area contributed by atoms with Gasteiger partial charge in [0.1, 0.15) is 12.9 Å². The molecule has 0 bridgehead atoms. The first-order valence-corrected chi connectivity index (χ1v) is 6.02. The van der Waals surface area contributed by atoms with Gasteiger partial charge in [0.05, 0.1) is 0 Å². The highest BCUT2D eigenvalue weighted by molar-refractivity contribution is 5.76. The van der Waals surface area contributed by atoms with Crippen LogP contribution in [0.25, 0.3) is 0 Å². The fraction of sp³-hybridized carbons (Fsp3) is 0.800. The number of rotatable bonds is 4. The van der Waals surface area contributed by atoms with Crippen molar-refractivity contribution >= 4 is 5.91 Å². The van der Waals surface area contributed by atoms with Gasteiger partial charge in [-0.3, -0.25) is 4.79 Å². The van der Waals surface area contributed by atoms with Crippen molar-refractivity contribution < 1.29 is 4.79 Å². The number of carbonyl (C=O) groups is 1. The Kier molecular flexibility index (Phi) is 4.03. The summed E-state index contributed by atoms with van der Waals surface area (Å²) in [4.78, 5) is 14.0. The molecule has 1 N–H and O–H groups in total.